The standard InChI is InChI=1S/C17H24F3N3/c1-4-16-21-14-12-13(17(18,19)20)8-9-15(14)23(16)11-7-10-22(5-2)6-3/h8-9,12H,4-7,10-11H2,1-3H3. The van der Waals surface area contributed by atoms with Crippen LogP contribution in [0.1, 0.15) is 38.6 Å². The van der Waals surface area contributed by atoms with E-state index >= 15 is 0 Å². The summed E-state index contributed by atoms with van der Waals surface area (Å²) in [7, 11) is 0. The normalized spacial score (nSPS) is 12.5. The van der Waals surface area contributed by atoms with E-state index < -0.39 is 11.7 Å². The monoisotopic (exact) mass is 327 g/mol. The van der Waals surface area contributed by atoms with Gasteiger partial charge < -0.3 is 9.47 Å². The first-order valence-corrected chi connectivity index (χ1v) is 8.19. The van der Waals surface area contributed by atoms with Crippen LogP contribution >= 0.6 is 0 Å². The number of aryl methyl sites for hydroxylation is 2. The van der Waals surface area contributed by atoms with Gasteiger partial charge in [0.2, 0.25) is 0 Å². The van der Waals surface area contributed by atoms with Crippen molar-refractivity contribution in [2.24, 2.45) is 0 Å². The van der Waals surface area contributed by atoms with Gasteiger partial charge >= 0.3 is 6.18 Å². The molecule has 0 aliphatic carbocycles. The molecule has 0 aliphatic heterocycles. The summed E-state index contributed by atoms with van der Waals surface area (Å²) in [6.07, 6.45) is -2.66. The molecule has 3 nitrogen and oxygen atoms in total. The fourth-order valence-corrected chi connectivity index (χ4v) is 2.87. The van der Waals surface area contributed by atoms with E-state index in [-0.39, 0.29) is 0 Å². The second-order valence-electron chi connectivity index (χ2n) is 5.61. The molecule has 23 heavy (non-hydrogen) atoms. The molecule has 0 fully saturated rings. The summed E-state index contributed by atoms with van der Waals surface area (Å²) in [5, 5.41) is 0. The molecule has 2 rings (SSSR count). The third-order valence-electron chi connectivity index (χ3n) is 4.22. The molecule has 128 valence electrons. The first kappa shape index (κ1) is 17.8. The van der Waals surface area contributed by atoms with E-state index in [1.807, 2.05) is 6.92 Å². The Kier molecular flexibility index (Phi) is 5.68. The lowest BCUT2D eigenvalue weighted by atomic mass is 10.2. The Hall–Kier alpha value is -1.56. The summed E-state index contributed by atoms with van der Waals surface area (Å²) in [5.41, 5.74) is 0.578. The summed E-state index contributed by atoms with van der Waals surface area (Å²) in [6.45, 7) is 10.0. The molecule has 0 unspecified atom stereocenters. The van der Waals surface area contributed by atoms with Crippen LogP contribution in [0.3, 0.4) is 0 Å². The molecule has 0 saturated carbocycles. The predicted molar refractivity (Wildman–Crippen MR) is 86.5 cm³/mol. The summed E-state index contributed by atoms with van der Waals surface area (Å²) in [6, 6.07) is 3.83. The average molecular weight is 327 g/mol. The van der Waals surface area contributed by atoms with Crippen molar-refractivity contribution in [1.29, 1.82) is 0 Å². The fourth-order valence-electron chi connectivity index (χ4n) is 2.87. The molecule has 0 bridgehead atoms. The average Bonchev–Trinajstić information content (AvgIpc) is 2.88. The summed E-state index contributed by atoms with van der Waals surface area (Å²) in [5.74, 6) is 0.846. The highest BCUT2D eigenvalue weighted by Crippen LogP contribution is 2.31. The second-order valence-corrected chi connectivity index (χ2v) is 5.61. The van der Waals surface area contributed by atoms with Gasteiger partial charge in [-0.1, -0.05) is 20.8 Å². The highest BCUT2D eigenvalue weighted by molar-refractivity contribution is 5.77. The second kappa shape index (κ2) is 7.34. The number of alkyl halides is 3. The fraction of sp³-hybridized carbons (Fsp3) is 0.588. The van der Waals surface area contributed by atoms with Crippen LogP contribution in [0.4, 0.5) is 13.2 Å². The summed E-state index contributed by atoms with van der Waals surface area (Å²) >= 11 is 0. The zero-order valence-corrected chi connectivity index (χ0v) is 14.0. The number of hydrogen-bond acceptors (Lipinski definition) is 2. The molecule has 0 atom stereocenters. The Balaban J connectivity index is 2.25. The van der Waals surface area contributed by atoms with Crippen LogP contribution in [0.15, 0.2) is 18.2 Å². The summed E-state index contributed by atoms with van der Waals surface area (Å²) in [4.78, 5) is 6.73. The minimum Gasteiger partial charge on any atom is -0.328 e. The quantitative estimate of drug-likeness (QED) is 0.754. The van der Waals surface area contributed by atoms with E-state index in [1.54, 1.807) is 6.07 Å². The van der Waals surface area contributed by atoms with E-state index in [1.165, 1.54) is 0 Å². The van der Waals surface area contributed by atoms with Crippen LogP contribution < -0.4 is 0 Å². The van der Waals surface area contributed by atoms with E-state index in [9.17, 15) is 13.2 Å². The van der Waals surface area contributed by atoms with Crippen molar-refractivity contribution in [3.8, 4) is 0 Å². The number of halogens is 3. The first-order valence-electron chi connectivity index (χ1n) is 8.19. The van der Waals surface area contributed by atoms with E-state index in [0.29, 0.717) is 11.9 Å². The van der Waals surface area contributed by atoms with Crippen LogP contribution in [0, 0.1) is 0 Å². The molecule has 0 radical (unpaired) electrons. The number of imidazole rings is 1. The maximum absolute atomic E-state index is 12.8. The van der Waals surface area contributed by atoms with Gasteiger partial charge in [0.25, 0.3) is 0 Å². The minimum absolute atomic E-state index is 0.430. The van der Waals surface area contributed by atoms with Gasteiger partial charge in [-0.25, -0.2) is 4.98 Å². The molecule has 0 saturated heterocycles. The number of benzene rings is 1. The van der Waals surface area contributed by atoms with Crippen molar-refractivity contribution in [1.82, 2.24) is 14.5 Å². The van der Waals surface area contributed by atoms with Crippen molar-refractivity contribution in [3.05, 3.63) is 29.6 Å². The van der Waals surface area contributed by atoms with Gasteiger partial charge in [-0.15, -0.1) is 0 Å². The topological polar surface area (TPSA) is 21.1 Å². The molecule has 1 aromatic heterocycles. The smallest absolute Gasteiger partial charge is 0.328 e. The first-order chi connectivity index (χ1) is 10.9. The molecule has 0 spiro atoms. The van der Waals surface area contributed by atoms with E-state index in [0.717, 1.165) is 56.1 Å². The molecule has 0 N–H and O–H groups in total. The Morgan fingerprint density at radius 3 is 2.39 bits per heavy atom. The van der Waals surface area contributed by atoms with Gasteiger partial charge in [0.05, 0.1) is 16.6 Å². The lowest BCUT2D eigenvalue weighted by molar-refractivity contribution is -0.137. The summed E-state index contributed by atoms with van der Waals surface area (Å²) < 4.78 is 40.6. The lowest BCUT2D eigenvalue weighted by Crippen LogP contribution is -2.25. The van der Waals surface area contributed by atoms with Crippen LogP contribution in [-0.2, 0) is 19.1 Å². The Morgan fingerprint density at radius 2 is 1.83 bits per heavy atom. The highest BCUT2D eigenvalue weighted by Gasteiger charge is 2.31. The third kappa shape index (κ3) is 4.05. The van der Waals surface area contributed by atoms with Crippen molar-refractivity contribution < 1.29 is 13.2 Å². The van der Waals surface area contributed by atoms with Gasteiger partial charge in [-0.3, -0.25) is 0 Å². The molecule has 1 aromatic carbocycles. The Bertz CT molecular complexity index is 642. The SMILES string of the molecule is CCc1nc2cc(C(F)(F)F)ccc2n1CCCN(CC)CC. The number of hydrogen-bond donors (Lipinski definition) is 0. The molecule has 6 heteroatoms. The van der Waals surface area contributed by atoms with Gasteiger partial charge in [-0.2, -0.15) is 13.2 Å². The number of fused-ring (bicyclic) bond motifs is 1. The lowest BCUT2D eigenvalue weighted by Gasteiger charge is -2.18. The van der Waals surface area contributed by atoms with Crippen molar-refractivity contribution in [2.45, 2.75) is 46.3 Å². The largest absolute Gasteiger partial charge is 0.416 e. The number of aromatic nitrogens is 2. The van der Waals surface area contributed by atoms with Crippen LogP contribution in [-0.4, -0.2) is 34.1 Å². The Labute approximate surface area is 135 Å². The predicted octanol–water partition coefficient (Wildman–Crippen LogP) is 4.35. The van der Waals surface area contributed by atoms with E-state index in [2.05, 4.69) is 28.3 Å². The Morgan fingerprint density at radius 1 is 1.13 bits per heavy atom. The highest BCUT2D eigenvalue weighted by atomic mass is 19.4. The van der Waals surface area contributed by atoms with Gasteiger partial charge in [0.15, 0.2) is 0 Å². The van der Waals surface area contributed by atoms with Crippen molar-refractivity contribution in [3.63, 3.8) is 0 Å². The molecule has 1 heterocycles. The maximum atomic E-state index is 12.8. The molecular weight excluding hydrogens is 303 g/mol. The van der Waals surface area contributed by atoms with Gasteiger partial charge in [-0.05, 0) is 44.3 Å². The van der Waals surface area contributed by atoms with Crippen LogP contribution in [0.25, 0.3) is 11.0 Å². The van der Waals surface area contributed by atoms with Gasteiger partial charge in [0, 0.05) is 13.0 Å². The zero-order valence-electron chi connectivity index (χ0n) is 14.0. The maximum Gasteiger partial charge on any atom is 0.416 e. The minimum atomic E-state index is -4.33. The number of rotatable bonds is 7. The molecule has 2 aromatic rings. The van der Waals surface area contributed by atoms with E-state index in [4.69, 9.17) is 0 Å². The van der Waals surface area contributed by atoms with Crippen LogP contribution in [0.5, 0.6) is 0 Å². The van der Waals surface area contributed by atoms with Crippen molar-refractivity contribution in [2.75, 3.05) is 19.6 Å². The molecule has 0 amide bonds. The molecule has 0 aliphatic rings. The van der Waals surface area contributed by atoms with Gasteiger partial charge in [0.1, 0.15) is 5.82 Å². The molecular formula is C17H24F3N3. The number of nitrogens with zero attached hydrogens (tertiary/aromatic N) is 3. The van der Waals surface area contributed by atoms with Crippen LogP contribution in [0.2, 0.25) is 0 Å². The third-order valence-corrected chi connectivity index (χ3v) is 4.22. The zero-order chi connectivity index (χ0) is 17.0. The van der Waals surface area contributed by atoms with Crippen molar-refractivity contribution >= 4 is 11.0 Å².